The molecule has 0 aliphatic heterocycles. The van der Waals surface area contributed by atoms with Crippen LogP contribution in [0, 0.1) is 0 Å². The van der Waals surface area contributed by atoms with Crippen LogP contribution in [0.5, 0.6) is 0 Å². The van der Waals surface area contributed by atoms with Gasteiger partial charge in [0.05, 0.1) is 0 Å². The zero-order valence-electron chi connectivity index (χ0n) is 13.1. The molecule has 0 amide bonds. The Bertz CT molecular complexity index is 667. The lowest BCUT2D eigenvalue weighted by Crippen LogP contribution is -1.98. The van der Waals surface area contributed by atoms with Crippen molar-refractivity contribution in [3.05, 3.63) is 108 Å². The molecule has 0 aliphatic carbocycles. The minimum absolute atomic E-state index is 0.121. The van der Waals surface area contributed by atoms with E-state index in [0.29, 0.717) is 0 Å². The molecule has 2 nitrogen and oxygen atoms in total. The molecule has 1 N–H and O–H groups in total. The van der Waals surface area contributed by atoms with Crippen molar-refractivity contribution in [2.75, 3.05) is 0 Å². The van der Waals surface area contributed by atoms with E-state index in [1.165, 1.54) is 0 Å². The number of Topliss-reactive ketones (excluding diaryl/α,β-unsaturated/α-hetero) is 1. The fraction of sp³-hybridized carbons (Fsp3) is 0.0952. The summed E-state index contributed by atoms with van der Waals surface area (Å²) in [7, 11) is 0. The van der Waals surface area contributed by atoms with Gasteiger partial charge in [-0.3, -0.25) is 4.79 Å². The first-order valence-electron chi connectivity index (χ1n) is 7.52. The van der Waals surface area contributed by atoms with Crippen LogP contribution in [0.25, 0.3) is 0 Å². The van der Waals surface area contributed by atoms with Crippen LogP contribution in [0.1, 0.15) is 34.5 Å². The van der Waals surface area contributed by atoms with Gasteiger partial charge < -0.3 is 5.11 Å². The van der Waals surface area contributed by atoms with Gasteiger partial charge in [0, 0.05) is 5.56 Å². The quantitative estimate of drug-likeness (QED) is 0.715. The highest BCUT2D eigenvalue weighted by molar-refractivity contribution is 5.93. The molecule has 0 saturated heterocycles. The second kappa shape index (κ2) is 8.66. The third-order valence-corrected chi connectivity index (χ3v) is 3.41. The van der Waals surface area contributed by atoms with Crippen molar-refractivity contribution in [1.29, 1.82) is 0 Å². The molecule has 0 heterocycles. The summed E-state index contributed by atoms with van der Waals surface area (Å²) in [5.74, 6) is 0.121. The molecular formula is C21H20O2. The minimum Gasteiger partial charge on any atom is -0.384 e. The molecule has 0 saturated carbocycles. The number of carbonyl (C=O) groups excluding carboxylic acids is 1. The molecule has 3 aromatic carbocycles. The molecule has 0 aromatic heterocycles. The molecule has 0 spiro atoms. The Morgan fingerprint density at radius 1 is 0.696 bits per heavy atom. The number of rotatable bonds is 3. The number of ketones is 1. The van der Waals surface area contributed by atoms with Gasteiger partial charge in [-0.1, -0.05) is 91.0 Å². The van der Waals surface area contributed by atoms with Crippen LogP contribution >= 0.6 is 0 Å². The Morgan fingerprint density at radius 3 is 1.35 bits per heavy atom. The van der Waals surface area contributed by atoms with E-state index in [1.807, 2.05) is 91.0 Å². The maximum Gasteiger partial charge on any atom is 0.159 e. The normalized spacial score (nSPS) is 9.87. The third kappa shape index (κ3) is 5.20. The largest absolute Gasteiger partial charge is 0.384 e. The van der Waals surface area contributed by atoms with Gasteiger partial charge in [0.1, 0.15) is 6.10 Å². The van der Waals surface area contributed by atoms with Crippen LogP contribution in [0.3, 0.4) is 0 Å². The Hall–Kier alpha value is -2.71. The smallest absolute Gasteiger partial charge is 0.159 e. The summed E-state index contributed by atoms with van der Waals surface area (Å²) >= 11 is 0. The van der Waals surface area contributed by atoms with E-state index in [4.69, 9.17) is 0 Å². The van der Waals surface area contributed by atoms with Gasteiger partial charge in [0.15, 0.2) is 5.78 Å². The SMILES string of the molecule is CC(=O)c1ccccc1.OC(c1ccccc1)c1ccccc1. The minimum atomic E-state index is -0.516. The second-order valence-corrected chi connectivity index (χ2v) is 5.15. The van der Waals surface area contributed by atoms with E-state index >= 15 is 0 Å². The van der Waals surface area contributed by atoms with Gasteiger partial charge in [-0.05, 0) is 18.1 Å². The molecule has 116 valence electrons. The van der Waals surface area contributed by atoms with Crippen LogP contribution < -0.4 is 0 Å². The Morgan fingerprint density at radius 2 is 1.04 bits per heavy atom. The lowest BCUT2D eigenvalue weighted by molar-refractivity contribution is 0.101. The van der Waals surface area contributed by atoms with Crippen molar-refractivity contribution < 1.29 is 9.90 Å². The maximum absolute atomic E-state index is 10.6. The summed E-state index contributed by atoms with van der Waals surface area (Å²) in [6, 6.07) is 28.6. The zero-order chi connectivity index (χ0) is 16.5. The average molecular weight is 304 g/mol. The molecule has 0 aliphatic rings. The molecule has 3 rings (SSSR count). The summed E-state index contributed by atoms with van der Waals surface area (Å²) in [5.41, 5.74) is 2.63. The molecule has 3 aromatic rings. The highest BCUT2D eigenvalue weighted by Crippen LogP contribution is 2.20. The maximum atomic E-state index is 10.6. The topological polar surface area (TPSA) is 37.3 Å². The molecular weight excluding hydrogens is 284 g/mol. The molecule has 0 radical (unpaired) electrons. The van der Waals surface area contributed by atoms with E-state index < -0.39 is 6.10 Å². The number of carbonyl (C=O) groups is 1. The molecule has 23 heavy (non-hydrogen) atoms. The summed E-state index contributed by atoms with van der Waals surface area (Å²) in [5, 5.41) is 9.99. The first-order valence-corrected chi connectivity index (χ1v) is 7.52. The molecule has 0 fully saturated rings. The van der Waals surface area contributed by atoms with Crippen molar-refractivity contribution in [2.24, 2.45) is 0 Å². The Balaban J connectivity index is 0.000000185. The number of benzene rings is 3. The van der Waals surface area contributed by atoms with Crippen molar-refractivity contribution in [3.63, 3.8) is 0 Å². The third-order valence-electron chi connectivity index (χ3n) is 3.41. The van der Waals surface area contributed by atoms with Crippen LogP contribution in [-0.2, 0) is 0 Å². The monoisotopic (exact) mass is 304 g/mol. The lowest BCUT2D eigenvalue weighted by atomic mass is 10.0. The van der Waals surface area contributed by atoms with E-state index in [2.05, 4.69) is 0 Å². The predicted octanol–water partition coefficient (Wildman–Crippen LogP) is 4.66. The standard InChI is InChI=1S/C13H12O.C8H8O/c14-13(11-7-3-1-4-8-11)12-9-5-2-6-10-12;1-7(9)8-5-3-2-4-6-8/h1-10,13-14H;2-6H,1H3. The van der Waals surface area contributed by atoms with Gasteiger partial charge in [-0.25, -0.2) is 0 Å². The lowest BCUT2D eigenvalue weighted by Gasteiger charge is -2.10. The van der Waals surface area contributed by atoms with Crippen molar-refractivity contribution in [3.8, 4) is 0 Å². The number of hydrogen-bond donors (Lipinski definition) is 1. The van der Waals surface area contributed by atoms with Crippen LogP contribution in [0.2, 0.25) is 0 Å². The highest BCUT2D eigenvalue weighted by atomic mass is 16.3. The van der Waals surface area contributed by atoms with Crippen molar-refractivity contribution in [2.45, 2.75) is 13.0 Å². The highest BCUT2D eigenvalue weighted by Gasteiger charge is 2.07. The van der Waals surface area contributed by atoms with Crippen LogP contribution in [0.4, 0.5) is 0 Å². The van der Waals surface area contributed by atoms with Gasteiger partial charge in [-0.15, -0.1) is 0 Å². The molecule has 0 atom stereocenters. The van der Waals surface area contributed by atoms with Crippen molar-refractivity contribution in [1.82, 2.24) is 0 Å². The van der Waals surface area contributed by atoms with Gasteiger partial charge in [-0.2, -0.15) is 0 Å². The summed E-state index contributed by atoms with van der Waals surface area (Å²) in [6.45, 7) is 1.56. The Kier molecular flexibility index (Phi) is 6.28. The van der Waals surface area contributed by atoms with Gasteiger partial charge in [0.25, 0.3) is 0 Å². The van der Waals surface area contributed by atoms with Gasteiger partial charge >= 0.3 is 0 Å². The van der Waals surface area contributed by atoms with Crippen molar-refractivity contribution >= 4 is 5.78 Å². The zero-order valence-corrected chi connectivity index (χ0v) is 13.1. The average Bonchev–Trinajstić information content (AvgIpc) is 2.64. The predicted molar refractivity (Wildman–Crippen MR) is 93.4 cm³/mol. The summed E-state index contributed by atoms with van der Waals surface area (Å²) in [4.78, 5) is 10.6. The van der Waals surface area contributed by atoms with E-state index in [-0.39, 0.29) is 5.78 Å². The number of hydrogen-bond acceptors (Lipinski definition) is 2. The van der Waals surface area contributed by atoms with E-state index in [0.717, 1.165) is 16.7 Å². The first-order chi connectivity index (χ1) is 11.2. The number of aliphatic hydroxyl groups is 1. The number of aliphatic hydroxyl groups excluding tert-OH is 1. The summed E-state index contributed by atoms with van der Waals surface area (Å²) < 4.78 is 0. The summed E-state index contributed by atoms with van der Waals surface area (Å²) in [6.07, 6.45) is -0.516. The van der Waals surface area contributed by atoms with Gasteiger partial charge in [0.2, 0.25) is 0 Å². The second-order valence-electron chi connectivity index (χ2n) is 5.15. The van der Waals surface area contributed by atoms with Crippen LogP contribution in [-0.4, -0.2) is 10.9 Å². The van der Waals surface area contributed by atoms with E-state index in [9.17, 15) is 9.90 Å². The first kappa shape index (κ1) is 16.7. The molecule has 0 bridgehead atoms. The molecule has 2 heteroatoms. The van der Waals surface area contributed by atoms with E-state index in [1.54, 1.807) is 6.92 Å². The fourth-order valence-corrected chi connectivity index (χ4v) is 2.14. The van der Waals surface area contributed by atoms with Crippen LogP contribution in [0.15, 0.2) is 91.0 Å². The molecule has 0 unspecified atom stereocenters. The fourth-order valence-electron chi connectivity index (χ4n) is 2.14. The Labute approximate surface area is 137 Å².